The van der Waals surface area contributed by atoms with Gasteiger partial charge in [-0.2, -0.15) is 13.2 Å². The largest absolute Gasteiger partial charge is 0.408 e. The number of carbonyl (C=O) groups is 2. The Morgan fingerprint density at radius 1 is 1.05 bits per heavy atom. The monoisotopic (exact) mass is 599 g/mol. The molecule has 0 spiro atoms. The fourth-order valence-electron chi connectivity index (χ4n) is 6.43. The maximum Gasteiger partial charge on any atom is 0.408 e. The lowest BCUT2D eigenvalue weighted by atomic mass is 10.0. The molecule has 2 amide bonds. The number of alkyl halides is 5. The van der Waals surface area contributed by atoms with Gasteiger partial charge in [-0.05, 0) is 69.8 Å². The van der Waals surface area contributed by atoms with E-state index in [1.54, 1.807) is 4.90 Å². The SMILES string of the molecule is O=C(N[C@@H]1CCC[C@H]1O)c1nc(C(=O)N2[C@H]3CC[C@@H]2CC3)c(-c2cnc(N[C@@H](C3CC3)C(F)(F)F)cc2C(F)F)s1. The molecule has 2 saturated carbocycles. The van der Waals surface area contributed by atoms with Gasteiger partial charge in [-0.1, -0.05) is 0 Å². The summed E-state index contributed by atoms with van der Waals surface area (Å²) in [6.45, 7) is 0. The number of hydrogen-bond donors (Lipinski definition) is 3. The summed E-state index contributed by atoms with van der Waals surface area (Å²) in [5.74, 6) is -2.09. The Bertz CT molecular complexity index is 1310. The third-order valence-corrected chi connectivity index (χ3v) is 9.76. The van der Waals surface area contributed by atoms with Crippen molar-refractivity contribution in [3.05, 3.63) is 28.5 Å². The highest BCUT2D eigenvalue weighted by Gasteiger charge is 2.49. The van der Waals surface area contributed by atoms with Gasteiger partial charge in [-0.15, -0.1) is 11.3 Å². The third kappa shape index (κ3) is 5.52. The molecule has 8 nitrogen and oxygen atoms in total. The molecule has 2 aliphatic carbocycles. The summed E-state index contributed by atoms with van der Waals surface area (Å²) in [6, 6.07) is -1.50. The number of fused-ring (bicyclic) bond motifs is 2. The molecule has 3 N–H and O–H groups in total. The van der Waals surface area contributed by atoms with Crippen molar-refractivity contribution in [3.8, 4) is 10.4 Å². The number of aromatic nitrogens is 2. The normalized spacial score (nSPS) is 26.6. The van der Waals surface area contributed by atoms with Crippen LogP contribution >= 0.6 is 11.3 Å². The lowest BCUT2D eigenvalue weighted by molar-refractivity contribution is -0.146. The summed E-state index contributed by atoms with van der Waals surface area (Å²) < 4.78 is 69.5. The van der Waals surface area contributed by atoms with E-state index < -0.39 is 54.1 Å². The number of aliphatic hydroxyl groups excluding tert-OH is 1. The molecule has 6 rings (SSSR count). The van der Waals surface area contributed by atoms with E-state index in [9.17, 15) is 36.6 Å². The van der Waals surface area contributed by atoms with Crippen LogP contribution in [0, 0.1) is 5.92 Å². The topological polar surface area (TPSA) is 107 Å². The fourth-order valence-corrected chi connectivity index (χ4v) is 7.42. The van der Waals surface area contributed by atoms with E-state index in [1.807, 2.05) is 0 Å². The number of rotatable bonds is 8. The number of anilines is 1. The van der Waals surface area contributed by atoms with E-state index >= 15 is 0 Å². The van der Waals surface area contributed by atoms with Crippen molar-refractivity contribution in [1.29, 1.82) is 0 Å². The molecule has 2 aliphatic heterocycles. The highest BCUT2D eigenvalue weighted by Crippen LogP contribution is 2.44. The number of halogens is 5. The van der Waals surface area contributed by atoms with Gasteiger partial charge >= 0.3 is 6.18 Å². The van der Waals surface area contributed by atoms with Gasteiger partial charge in [0.2, 0.25) is 0 Å². The maximum absolute atomic E-state index is 14.4. The van der Waals surface area contributed by atoms with E-state index in [4.69, 9.17) is 0 Å². The van der Waals surface area contributed by atoms with Crippen LogP contribution in [0.3, 0.4) is 0 Å². The third-order valence-electron chi connectivity index (χ3n) is 8.67. The minimum Gasteiger partial charge on any atom is -0.391 e. The molecule has 222 valence electrons. The van der Waals surface area contributed by atoms with E-state index in [2.05, 4.69) is 20.6 Å². The molecule has 4 fully saturated rings. The summed E-state index contributed by atoms with van der Waals surface area (Å²) in [6.07, 6.45) is -1.46. The van der Waals surface area contributed by atoms with Gasteiger partial charge in [0.1, 0.15) is 17.6 Å². The van der Waals surface area contributed by atoms with Crippen LogP contribution in [0.15, 0.2) is 12.3 Å². The number of carbonyl (C=O) groups excluding carboxylic acids is 2. The number of hydrogen-bond acceptors (Lipinski definition) is 7. The van der Waals surface area contributed by atoms with Crippen molar-refractivity contribution in [3.63, 3.8) is 0 Å². The number of nitrogens with zero attached hydrogens (tertiary/aromatic N) is 3. The van der Waals surface area contributed by atoms with Crippen LogP contribution in [-0.2, 0) is 0 Å². The molecule has 0 aromatic carbocycles. The average molecular weight is 600 g/mol. The molecule has 2 aromatic heterocycles. The van der Waals surface area contributed by atoms with Crippen LogP contribution in [0.1, 0.15) is 90.1 Å². The first-order valence-electron chi connectivity index (χ1n) is 14.0. The molecule has 2 aromatic rings. The smallest absolute Gasteiger partial charge is 0.391 e. The predicted octanol–water partition coefficient (Wildman–Crippen LogP) is 5.31. The van der Waals surface area contributed by atoms with Crippen LogP contribution in [0.5, 0.6) is 0 Å². The molecule has 2 bridgehead atoms. The molecule has 4 heterocycles. The molecular weight excluding hydrogens is 569 g/mol. The van der Waals surface area contributed by atoms with E-state index in [1.165, 1.54) is 0 Å². The van der Waals surface area contributed by atoms with Gasteiger partial charge in [-0.25, -0.2) is 18.7 Å². The summed E-state index contributed by atoms with van der Waals surface area (Å²) in [4.78, 5) is 37.0. The molecule has 0 unspecified atom stereocenters. The highest BCUT2D eigenvalue weighted by atomic mass is 32.1. The lowest BCUT2D eigenvalue weighted by Gasteiger charge is -2.23. The fraction of sp³-hybridized carbons (Fsp3) is 0.630. The molecule has 41 heavy (non-hydrogen) atoms. The van der Waals surface area contributed by atoms with Gasteiger partial charge in [0, 0.05) is 29.4 Å². The average Bonchev–Trinajstić information content (AvgIpc) is 3.24. The number of nitrogens with one attached hydrogen (secondary N) is 2. The first kappa shape index (κ1) is 28.3. The second-order valence-corrected chi connectivity index (χ2v) is 12.4. The zero-order chi connectivity index (χ0) is 29.1. The highest BCUT2D eigenvalue weighted by molar-refractivity contribution is 7.17. The standard InChI is InChI=1S/C27H30F5N5O3S/c28-23(29)15-10-19(35-22(12-4-5-12)27(30,31)32)33-11-16(15)21-20(26(40)37-13-6-7-14(37)9-8-13)36-25(41-21)24(39)34-17-2-1-3-18(17)38/h10-14,17-18,22-23,38H,1-9H2,(H,33,35)(H,34,39)/t13-,14+,17-,18-,22+/m1/s1. The number of amides is 2. The van der Waals surface area contributed by atoms with Crippen LogP contribution in [0.2, 0.25) is 0 Å². The van der Waals surface area contributed by atoms with Crippen LogP contribution in [0.25, 0.3) is 10.4 Å². The Morgan fingerprint density at radius 3 is 2.29 bits per heavy atom. The minimum absolute atomic E-state index is 0.00829. The lowest BCUT2D eigenvalue weighted by Crippen LogP contribution is -2.40. The molecule has 2 saturated heterocycles. The van der Waals surface area contributed by atoms with Crippen LogP contribution < -0.4 is 10.6 Å². The molecule has 4 aliphatic rings. The zero-order valence-electron chi connectivity index (χ0n) is 22.0. The number of thiazole rings is 1. The molecule has 0 radical (unpaired) electrons. The Labute approximate surface area is 236 Å². The summed E-state index contributed by atoms with van der Waals surface area (Å²) >= 11 is 0.760. The van der Waals surface area contributed by atoms with E-state index in [-0.39, 0.29) is 39.0 Å². The molecular formula is C27H30F5N5O3S. The second kappa shape index (κ2) is 10.8. The Hall–Kier alpha value is -2.87. The van der Waals surface area contributed by atoms with Crippen molar-refractivity contribution in [2.45, 2.75) is 101 Å². The molecule has 14 heteroatoms. The Kier molecular flexibility index (Phi) is 7.41. The van der Waals surface area contributed by atoms with Gasteiger partial charge in [0.15, 0.2) is 5.01 Å². The van der Waals surface area contributed by atoms with Crippen LogP contribution in [0.4, 0.5) is 27.8 Å². The maximum atomic E-state index is 14.4. The van der Waals surface area contributed by atoms with Gasteiger partial charge in [0.05, 0.1) is 17.0 Å². The predicted molar refractivity (Wildman–Crippen MR) is 140 cm³/mol. The van der Waals surface area contributed by atoms with Gasteiger partial charge in [0.25, 0.3) is 18.2 Å². The number of aliphatic hydroxyl groups is 1. The summed E-state index contributed by atoms with van der Waals surface area (Å²) in [5, 5.41) is 15.0. The Morgan fingerprint density at radius 2 is 1.73 bits per heavy atom. The number of pyridine rings is 1. The summed E-state index contributed by atoms with van der Waals surface area (Å²) in [7, 11) is 0. The van der Waals surface area contributed by atoms with Crippen molar-refractivity contribution in [2.75, 3.05) is 5.32 Å². The molecule has 3 atom stereocenters. The van der Waals surface area contributed by atoms with Gasteiger partial charge in [-0.3, -0.25) is 9.59 Å². The quantitative estimate of drug-likeness (QED) is 0.356. The first-order chi connectivity index (χ1) is 19.5. The Balaban J connectivity index is 1.37. The van der Waals surface area contributed by atoms with E-state index in [0.29, 0.717) is 25.7 Å². The van der Waals surface area contributed by atoms with Crippen molar-refractivity contribution >= 4 is 29.0 Å². The second-order valence-electron chi connectivity index (χ2n) is 11.4. The first-order valence-corrected chi connectivity index (χ1v) is 14.8. The van der Waals surface area contributed by atoms with Crippen LogP contribution in [-0.4, -0.2) is 68.2 Å². The van der Waals surface area contributed by atoms with Crippen molar-refractivity contribution in [2.24, 2.45) is 5.92 Å². The van der Waals surface area contributed by atoms with Crippen molar-refractivity contribution < 1.29 is 36.6 Å². The zero-order valence-corrected chi connectivity index (χ0v) is 22.8. The van der Waals surface area contributed by atoms with E-state index in [0.717, 1.165) is 55.7 Å². The summed E-state index contributed by atoms with van der Waals surface area (Å²) in [5.41, 5.74) is -0.922. The minimum atomic E-state index is -4.58. The van der Waals surface area contributed by atoms with Gasteiger partial charge < -0.3 is 20.6 Å². The van der Waals surface area contributed by atoms with Crippen molar-refractivity contribution in [1.82, 2.24) is 20.2 Å².